The molecule has 0 heterocycles. The number of carbonyl (C=O) groups excluding carboxylic acids is 5. The Labute approximate surface area is 185 Å². The molecule has 3 atom stereocenters. The highest BCUT2D eigenvalue weighted by molar-refractivity contribution is 5.87. The number of aliphatic imine (C=N–C) groups is 2. The Hall–Kier alpha value is -3.55. The van der Waals surface area contributed by atoms with E-state index in [0.717, 1.165) is 12.5 Å². The van der Waals surface area contributed by atoms with E-state index in [1.165, 1.54) is 13.0 Å². The molecule has 0 bridgehead atoms. The van der Waals surface area contributed by atoms with Gasteiger partial charge in [-0.2, -0.15) is 0 Å². The normalized spacial score (nSPS) is 19.6. The molecule has 1 N–H and O–H groups in total. The first-order valence-electron chi connectivity index (χ1n) is 9.95. The molecule has 0 saturated heterocycles. The van der Waals surface area contributed by atoms with E-state index in [1.54, 1.807) is 6.08 Å². The molecule has 0 aromatic rings. The number of esters is 2. The lowest BCUT2D eigenvalue weighted by molar-refractivity contribution is -0.147. The second-order valence-electron chi connectivity index (χ2n) is 7.32. The van der Waals surface area contributed by atoms with Crippen LogP contribution in [-0.2, 0) is 33.4 Å². The highest BCUT2D eigenvalue weighted by Crippen LogP contribution is 2.47. The number of hydrogen-bond acceptors (Lipinski definition) is 10. The van der Waals surface area contributed by atoms with Crippen LogP contribution >= 0.6 is 0 Å². The van der Waals surface area contributed by atoms with E-state index in [0.29, 0.717) is 19.3 Å². The van der Waals surface area contributed by atoms with E-state index in [9.17, 15) is 24.0 Å². The Morgan fingerprint density at radius 3 is 2.53 bits per heavy atom. The van der Waals surface area contributed by atoms with E-state index >= 15 is 0 Å². The van der Waals surface area contributed by atoms with E-state index in [4.69, 9.17) is 14.2 Å². The number of amides is 1. The zero-order valence-electron chi connectivity index (χ0n) is 18.0. The van der Waals surface area contributed by atoms with Crippen LogP contribution in [0.3, 0.4) is 0 Å². The molecular formula is C21H27N3O8. The van der Waals surface area contributed by atoms with Gasteiger partial charge in [0.25, 0.3) is 0 Å². The molecule has 1 amide bonds. The molecule has 11 heteroatoms. The molecule has 174 valence electrons. The van der Waals surface area contributed by atoms with Gasteiger partial charge in [0.15, 0.2) is 6.10 Å². The summed E-state index contributed by atoms with van der Waals surface area (Å²) < 4.78 is 15.0. The highest BCUT2D eigenvalue weighted by atomic mass is 16.6. The monoisotopic (exact) mass is 449 g/mol. The van der Waals surface area contributed by atoms with Crippen molar-refractivity contribution in [1.82, 2.24) is 5.32 Å². The van der Waals surface area contributed by atoms with Crippen LogP contribution in [0.2, 0.25) is 0 Å². The minimum Gasteiger partial charge on any atom is -0.458 e. The fraction of sp³-hybridized carbons (Fsp3) is 0.571. The van der Waals surface area contributed by atoms with Crippen LogP contribution < -0.4 is 5.32 Å². The Kier molecular flexibility index (Phi) is 11.3. The van der Waals surface area contributed by atoms with Crippen LogP contribution in [0.5, 0.6) is 0 Å². The molecule has 32 heavy (non-hydrogen) atoms. The Morgan fingerprint density at radius 2 is 1.97 bits per heavy atom. The van der Waals surface area contributed by atoms with Crippen LogP contribution in [0.1, 0.15) is 32.6 Å². The zero-order chi connectivity index (χ0) is 24.0. The SMILES string of the molecule is C=CC(=O)OCC(COC(=O)C(=C)C)OC(=O)NCCCC1(CN=C=O)CCC1N=C=O. The average molecular weight is 449 g/mol. The Balaban J connectivity index is 2.53. The van der Waals surface area contributed by atoms with Gasteiger partial charge in [0.2, 0.25) is 12.2 Å². The van der Waals surface area contributed by atoms with Crippen LogP contribution in [0.4, 0.5) is 4.79 Å². The molecule has 0 spiro atoms. The summed E-state index contributed by atoms with van der Waals surface area (Å²) in [6, 6.07) is -0.268. The van der Waals surface area contributed by atoms with E-state index in [1.807, 2.05) is 0 Å². The Morgan fingerprint density at radius 1 is 1.25 bits per heavy atom. The summed E-state index contributed by atoms with van der Waals surface area (Å²) >= 11 is 0. The number of rotatable bonds is 14. The lowest BCUT2D eigenvalue weighted by Gasteiger charge is -2.45. The van der Waals surface area contributed by atoms with Crippen molar-refractivity contribution in [3.8, 4) is 0 Å². The van der Waals surface area contributed by atoms with Crippen LogP contribution in [-0.4, -0.2) is 68.6 Å². The van der Waals surface area contributed by atoms with Crippen LogP contribution in [0.15, 0.2) is 34.8 Å². The molecule has 0 aromatic heterocycles. The second-order valence-corrected chi connectivity index (χ2v) is 7.32. The molecule has 11 nitrogen and oxygen atoms in total. The fourth-order valence-corrected chi connectivity index (χ4v) is 3.16. The fourth-order valence-electron chi connectivity index (χ4n) is 3.16. The van der Waals surface area contributed by atoms with Gasteiger partial charge in [0.05, 0.1) is 12.6 Å². The lowest BCUT2D eigenvalue weighted by Crippen LogP contribution is -2.46. The summed E-state index contributed by atoms with van der Waals surface area (Å²) in [6.45, 7) is 7.94. The first-order chi connectivity index (χ1) is 15.3. The van der Waals surface area contributed by atoms with E-state index in [2.05, 4.69) is 28.5 Å². The van der Waals surface area contributed by atoms with Crippen molar-refractivity contribution in [1.29, 1.82) is 0 Å². The number of nitrogens with zero attached hydrogens (tertiary/aromatic N) is 2. The molecule has 1 aliphatic carbocycles. The summed E-state index contributed by atoms with van der Waals surface area (Å²) in [4.78, 5) is 63.4. The number of nitrogens with one attached hydrogen (secondary N) is 1. The molecule has 0 aliphatic heterocycles. The number of alkyl carbamates (subject to hydrolysis) is 1. The summed E-state index contributed by atoms with van der Waals surface area (Å²) in [5.41, 5.74) is -0.268. The third-order valence-corrected chi connectivity index (χ3v) is 5.01. The maximum Gasteiger partial charge on any atom is 0.407 e. The van der Waals surface area contributed by atoms with Crippen molar-refractivity contribution in [2.45, 2.75) is 44.8 Å². The van der Waals surface area contributed by atoms with E-state index in [-0.39, 0.29) is 37.9 Å². The maximum atomic E-state index is 12.1. The summed E-state index contributed by atoms with van der Waals surface area (Å²) in [5.74, 6) is -1.40. The molecular weight excluding hydrogens is 422 g/mol. The summed E-state index contributed by atoms with van der Waals surface area (Å²) in [7, 11) is 0. The highest BCUT2D eigenvalue weighted by Gasteiger charge is 2.46. The lowest BCUT2D eigenvalue weighted by atomic mass is 9.62. The zero-order valence-corrected chi connectivity index (χ0v) is 18.0. The van der Waals surface area contributed by atoms with Gasteiger partial charge in [-0.3, -0.25) is 0 Å². The molecule has 1 aliphatic rings. The number of carbonyl (C=O) groups is 3. The predicted octanol–water partition coefficient (Wildman–Crippen LogP) is 1.53. The van der Waals surface area contributed by atoms with Gasteiger partial charge in [-0.25, -0.2) is 34.0 Å². The first kappa shape index (κ1) is 26.5. The minimum atomic E-state index is -1.03. The van der Waals surface area contributed by atoms with Crippen LogP contribution in [0, 0.1) is 5.41 Å². The third kappa shape index (κ3) is 8.67. The third-order valence-electron chi connectivity index (χ3n) is 5.01. The first-order valence-corrected chi connectivity index (χ1v) is 9.95. The number of ether oxygens (including phenoxy) is 3. The van der Waals surface area contributed by atoms with Crippen molar-refractivity contribution in [2.24, 2.45) is 15.4 Å². The van der Waals surface area contributed by atoms with Gasteiger partial charge in [0, 0.05) is 23.6 Å². The van der Waals surface area contributed by atoms with Gasteiger partial charge in [-0.05, 0) is 32.6 Å². The van der Waals surface area contributed by atoms with Crippen molar-refractivity contribution < 1.29 is 38.2 Å². The van der Waals surface area contributed by atoms with Crippen molar-refractivity contribution in [3.05, 3.63) is 24.8 Å². The van der Waals surface area contributed by atoms with Gasteiger partial charge in [-0.1, -0.05) is 13.2 Å². The topological polar surface area (TPSA) is 150 Å². The van der Waals surface area contributed by atoms with Gasteiger partial charge in [-0.15, -0.1) is 0 Å². The summed E-state index contributed by atoms with van der Waals surface area (Å²) in [5, 5.41) is 2.55. The van der Waals surface area contributed by atoms with Gasteiger partial charge >= 0.3 is 18.0 Å². The van der Waals surface area contributed by atoms with Crippen molar-refractivity contribution in [3.63, 3.8) is 0 Å². The standard InChI is InChI=1S/C21H27N3O8/c1-4-18(27)30-10-16(11-31-19(28)15(2)3)32-20(29)23-9-5-7-21(12-22-13-25)8-6-17(21)24-14-26/h4,16-17H,1-2,5-12H2,3H3,(H,23,29). The van der Waals surface area contributed by atoms with Crippen molar-refractivity contribution in [2.75, 3.05) is 26.3 Å². The second kappa shape index (κ2) is 13.7. The van der Waals surface area contributed by atoms with Crippen molar-refractivity contribution >= 4 is 30.2 Å². The van der Waals surface area contributed by atoms with Gasteiger partial charge in [0.1, 0.15) is 13.2 Å². The number of isocyanates is 2. The van der Waals surface area contributed by atoms with E-state index < -0.39 is 29.6 Å². The number of hydrogen-bond donors (Lipinski definition) is 1. The van der Waals surface area contributed by atoms with Crippen LogP contribution in [0.25, 0.3) is 0 Å². The largest absolute Gasteiger partial charge is 0.458 e. The molecule has 1 rings (SSSR count). The molecule has 0 radical (unpaired) electrons. The quantitative estimate of drug-likeness (QED) is 0.105. The Bertz CT molecular complexity index is 814. The maximum absolute atomic E-state index is 12.1. The average Bonchev–Trinajstić information content (AvgIpc) is 2.77. The molecule has 0 aromatic carbocycles. The molecule has 1 fully saturated rings. The minimum absolute atomic E-state index is 0.164. The predicted molar refractivity (Wildman–Crippen MR) is 111 cm³/mol. The smallest absolute Gasteiger partial charge is 0.407 e. The summed E-state index contributed by atoms with van der Waals surface area (Å²) in [6.07, 6.45) is 4.67. The molecule has 3 unspecified atom stereocenters. The van der Waals surface area contributed by atoms with Gasteiger partial charge < -0.3 is 19.5 Å². The molecule has 1 saturated carbocycles.